The SMILES string of the molecule is CC1(C)c2ccccc2-c2ccc(N(c3ccccc3)c3cc(-c4c(-c5ccccc5)cccc4-c4ccccc4)cc(N(c4ccccc4)c4ccccc4-c4ccccc4)c3)cc21. The van der Waals surface area contributed by atoms with Gasteiger partial charge >= 0.3 is 0 Å². The molecule has 10 aromatic carbocycles. The summed E-state index contributed by atoms with van der Waals surface area (Å²) in [6.45, 7) is 4.72. The second-order valence-electron chi connectivity index (χ2n) is 17.3. The summed E-state index contributed by atoms with van der Waals surface area (Å²) in [5.41, 5.74) is 20.9. The van der Waals surface area contributed by atoms with Crippen molar-refractivity contribution in [2.24, 2.45) is 0 Å². The number of benzene rings is 10. The Hall–Kier alpha value is -8.20. The summed E-state index contributed by atoms with van der Waals surface area (Å²) in [5, 5.41) is 0. The smallest absolute Gasteiger partial charge is 0.0540 e. The van der Waals surface area contributed by atoms with E-state index < -0.39 is 0 Å². The third kappa shape index (κ3) is 7.29. The van der Waals surface area contributed by atoms with Crippen LogP contribution in [-0.4, -0.2) is 0 Å². The minimum absolute atomic E-state index is 0.165. The molecule has 0 spiro atoms. The van der Waals surface area contributed by atoms with E-state index in [-0.39, 0.29) is 5.41 Å². The summed E-state index contributed by atoms with van der Waals surface area (Å²) in [6.07, 6.45) is 0. The second kappa shape index (κ2) is 16.8. The highest BCUT2D eigenvalue weighted by atomic mass is 15.2. The van der Waals surface area contributed by atoms with E-state index in [4.69, 9.17) is 0 Å². The van der Waals surface area contributed by atoms with Crippen LogP contribution in [0.4, 0.5) is 34.1 Å². The molecule has 0 unspecified atom stereocenters. The van der Waals surface area contributed by atoms with Crippen molar-refractivity contribution in [2.75, 3.05) is 9.80 Å². The molecule has 1 aliphatic rings. The predicted octanol–water partition coefficient (Wildman–Crippen LogP) is 17.6. The molecule has 0 saturated carbocycles. The number of para-hydroxylation sites is 3. The Labute approximate surface area is 383 Å². The number of fused-ring (bicyclic) bond motifs is 3. The van der Waals surface area contributed by atoms with Crippen LogP contribution < -0.4 is 9.80 Å². The molecule has 0 bridgehead atoms. The molecule has 10 aromatic rings. The van der Waals surface area contributed by atoms with Gasteiger partial charge in [0.1, 0.15) is 0 Å². The lowest BCUT2D eigenvalue weighted by atomic mass is 9.82. The number of anilines is 6. The van der Waals surface area contributed by atoms with Gasteiger partial charge in [-0.3, -0.25) is 0 Å². The van der Waals surface area contributed by atoms with Gasteiger partial charge in [0, 0.05) is 39.4 Å². The maximum absolute atomic E-state index is 2.45. The van der Waals surface area contributed by atoms with E-state index in [1.807, 2.05) is 0 Å². The van der Waals surface area contributed by atoms with E-state index in [2.05, 4.69) is 278 Å². The van der Waals surface area contributed by atoms with Crippen molar-refractivity contribution in [3.05, 3.63) is 266 Å². The third-order valence-corrected chi connectivity index (χ3v) is 13.0. The van der Waals surface area contributed by atoms with Crippen molar-refractivity contribution >= 4 is 34.1 Å². The minimum Gasteiger partial charge on any atom is -0.310 e. The number of hydrogen-bond donors (Lipinski definition) is 0. The van der Waals surface area contributed by atoms with E-state index in [9.17, 15) is 0 Å². The largest absolute Gasteiger partial charge is 0.310 e. The van der Waals surface area contributed by atoms with E-state index in [0.717, 1.165) is 50.8 Å². The summed E-state index contributed by atoms with van der Waals surface area (Å²) in [6, 6.07) is 92.7. The van der Waals surface area contributed by atoms with Crippen molar-refractivity contribution in [1.29, 1.82) is 0 Å². The molecule has 0 heterocycles. The van der Waals surface area contributed by atoms with Crippen LogP contribution in [-0.2, 0) is 5.41 Å². The number of rotatable bonds is 10. The molecular weight excluding hydrogens is 785 g/mol. The zero-order valence-corrected chi connectivity index (χ0v) is 36.6. The van der Waals surface area contributed by atoms with Crippen LogP contribution in [0.3, 0.4) is 0 Å². The number of nitrogens with zero attached hydrogens (tertiary/aromatic N) is 2. The molecule has 0 saturated heterocycles. The van der Waals surface area contributed by atoms with Gasteiger partial charge in [0.15, 0.2) is 0 Å². The van der Waals surface area contributed by atoms with Crippen molar-refractivity contribution in [3.63, 3.8) is 0 Å². The van der Waals surface area contributed by atoms with E-state index in [1.165, 1.54) is 50.1 Å². The average Bonchev–Trinajstić information content (AvgIpc) is 3.60. The lowest BCUT2D eigenvalue weighted by Gasteiger charge is -2.32. The quantitative estimate of drug-likeness (QED) is 0.135. The van der Waals surface area contributed by atoms with E-state index in [1.54, 1.807) is 0 Å². The fourth-order valence-electron chi connectivity index (χ4n) is 9.97. The van der Waals surface area contributed by atoms with Gasteiger partial charge in [0.05, 0.1) is 5.69 Å². The lowest BCUT2D eigenvalue weighted by molar-refractivity contribution is 0.660. The molecule has 0 atom stereocenters. The Balaban J connectivity index is 1.23. The molecule has 0 fully saturated rings. The van der Waals surface area contributed by atoms with Crippen LogP contribution in [0.25, 0.3) is 55.6 Å². The van der Waals surface area contributed by atoms with Gasteiger partial charge in [-0.1, -0.05) is 208 Å². The van der Waals surface area contributed by atoms with Gasteiger partial charge in [-0.2, -0.15) is 0 Å². The molecular formula is C63H48N2. The van der Waals surface area contributed by atoms with Crippen LogP contribution in [0.5, 0.6) is 0 Å². The first-order chi connectivity index (χ1) is 32.0. The molecule has 0 N–H and O–H groups in total. The zero-order valence-electron chi connectivity index (χ0n) is 36.6. The zero-order chi connectivity index (χ0) is 43.7. The first-order valence-corrected chi connectivity index (χ1v) is 22.5. The first-order valence-electron chi connectivity index (χ1n) is 22.5. The average molecular weight is 833 g/mol. The highest BCUT2D eigenvalue weighted by Crippen LogP contribution is 2.52. The first kappa shape index (κ1) is 39.6. The molecule has 310 valence electrons. The van der Waals surface area contributed by atoms with Crippen LogP contribution in [0.15, 0.2) is 255 Å². The predicted molar refractivity (Wildman–Crippen MR) is 275 cm³/mol. The summed E-state index contributed by atoms with van der Waals surface area (Å²) >= 11 is 0. The fraction of sp³-hybridized carbons (Fsp3) is 0.0476. The summed E-state index contributed by atoms with van der Waals surface area (Å²) in [7, 11) is 0. The van der Waals surface area contributed by atoms with Gasteiger partial charge < -0.3 is 9.80 Å². The Bertz CT molecular complexity index is 3210. The highest BCUT2D eigenvalue weighted by molar-refractivity contribution is 5.99. The maximum atomic E-state index is 2.45. The van der Waals surface area contributed by atoms with Crippen molar-refractivity contribution in [2.45, 2.75) is 19.3 Å². The van der Waals surface area contributed by atoms with Crippen LogP contribution in [0.2, 0.25) is 0 Å². The van der Waals surface area contributed by atoms with E-state index >= 15 is 0 Å². The van der Waals surface area contributed by atoms with Gasteiger partial charge in [-0.15, -0.1) is 0 Å². The second-order valence-corrected chi connectivity index (χ2v) is 17.3. The Morgan fingerprint density at radius 3 is 1.28 bits per heavy atom. The highest BCUT2D eigenvalue weighted by Gasteiger charge is 2.36. The molecule has 1 aliphatic carbocycles. The summed E-state index contributed by atoms with van der Waals surface area (Å²) in [5.74, 6) is 0. The molecule has 11 rings (SSSR count). The van der Waals surface area contributed by atoms with Crippen LogP contribution >= 0.6 is 0 Å². The van der Waals surface area contributed by atoms with Crippen molar-refractivity contribution in [3.8, 4) is 55.6 Å². The molecule has 0 radical (unpaired) electrons. The van der Waals surface area contributed by atoms with Crippen molar-refractivity contribution < 1.29 is 0 Å². The monoisotopic (exact) mass is 832 g/mol. The topological polar surface area (TPSA) is 6.48 Å². The third-order valence-electron chi connectivity index (χ3n) is 13.0. The molecule has 2 heteroatoms. The van der Waals surface area contributed by atoms with Crippen molar-refractivity contribution in [1.82, 2.24) is 0 Å². The normalized spacial score (nSPS) is 12.3. The number of hydrogen-bond acceptors (Lipinski definition) is 2. The molecule has 2 nitrogen and oxygen atoms in total. The Morgan fingerprint density at radius 1 is 0.262 bits per heavy atom. The fourth-order valence-corrected chi connectivity index (χ4v) is 9.97. The van der Waals surface area contributed by atoms with Gasteiger partial charge in [0.25, 0.3) is 0 Å². The molecule has 0 amide bonds. The lowest BCUT2D eigenvalue weighted by Crippen LogP contribution is -2.17. The maximum Gasteiger partial charge on any atom is 0.0540 e. The van der Waals surface area contributed by atoms with Gasteiger partial charge in [-0.25, -0.2) is 0 Å². The Morgan fingerprint density at radius 2 is 0.692 bits per heavy atom. The standard InChI is InChI=1S/C63H48N2/c1-63(2)59-37-20-18-34-57(59)58-40-39-51(44-60(58)63)64(49-29-14-6-15-30-49)52-41-48(62-55(46-25-10-4-11-26-46)35-22-36-56(62)47-27-12-5-13-28-47)42-53(43-52)65(50-31-16-7-17-32-50)61-38-21-19-33-54(61)45-23-8-3-9-24-45/h3-44H,1-2H3. The van der Waals surface area contributed by atoms with Crippen LogP contribution in [0.1, 0.15) is 25.0 Å². The van der Waals surface area contributed by atoms with E-state index in [0.29, 0.717) is 0 Å². The molecule has 0 aliphatic heterocycles. The summed E-state index contributed by atoms with van der Waals surface area (Å²) in [4.78, 5) is 4.89. The molecule has 65 heavy (non-hydrogen) atoms. The summed E-state index contributed by atoms with van der Waals surface area (Å²) < 4.78 is 0. The molecule has 0 aromatic heterocycles. The minimum atomic E-state index is -0.165. The van der Waals surface area contributed by atoms with Gasteiger partial charge in [-0.05, 0) is 122 Å². The van der Waals surface area contributed by atoms with Gasteiger partial charge in [0.2, 0.25) is 0 Å². The Kier molecular flexibility index (Phi) is 10.3. The van der Waals surface area contributed by atoms with Crippen LogP contribution in [0, 0.1) is 0 Å².